The van der Waals surface area contributed by atoms with Gasteiger partial charge < -0.3 is 20.2 Å². The largest absolute Gasteiger partial charge is 0.504 e. The molecule has 1 saturated heterocycles. The Morgan fingerprint density at radius 2 is 1.92 bits per heavy atom. The lowest BCUT2D eigenvalue weighted by Crippen LogP contribution is -3.13. The van der Waals surface area contributed by atoms with Crippen LogP contribution in [0.5, 0.6) is 11.5 Å². The molecule has 6 heteroatoms. The Labute approximate surface area is 159 Å². The van der Waals surface area contributed by atoms with Crippen molar-refractivity contribution in [3.8, 4) is 11.5 Å². The highest BCUT2D eigenvalue weighted by Gasteiger charge is 2.20. The van der Waals surface area contributed by atoms with Gasteiger partial charge in [0.25, 0.3) is 0 Å². The molecule has 0 aromatic heterocycles. The summed E-state index contributed by atoms with van der Waals surface area (Å²) in [5.41, 5.74) is 6.37. The molecule has 5 nitrogen and oxygen atoms in total. The molecule has 3 N–H and O–H groups in total. The van der Waals surface area contributed by atoms with E-state index in [-0.39, 0.29) is 5.75 Å². The van der Waals surface area contributed by atoms with Crippen LogP contribution in [0.4, 0.5) is 0 Å². The second-order valence-electron chi connectivity index (χ2n) is 6.52. The number of nitrogens with zero attached hydrogens (tertiary/aromatic N) is 1. The number of phenolic OH excluding ortho intramolecular Hbond substituents is 1. The van der Waals surface area contributed by atoms with Gasteiger partial charge in [0, 0.05) is 21.8 Å². The highest BCUT2D eigenvalue weighted by Crippen LogP contribution is 2.28. The summed E-state index contributed by atoms with van der Waals surface area (Å²) in [5, 5.41) is 12.7. The van der Waals surface area contributed by atoms with Gasteiger partial charge in [0.05, 0.1) is 33.3 Å². The monoisotopic (exact) mass is 374 g/mol. The fourth-order valence-corrected chi connectivity index (χ4v) is 3.25. The molecule has 0 radical (unpaired) electrons. The first-order valence-electron chi connectivity index (χ1n) is 8.71. The summed E-state index contributed by atoms with van der Waals surface area (Å²) in [7, 11) is 1.54. The second-order valence-corrected chi connectivity index (χ2v) is 6.95. The normalized spacial score (nSPS) is 15.6. The average molecular weight is 375 g/mol. The van der Waals surface area contributed by atoms with Gasteiger partial charge in [-0.1, -0.05) is 30.3 Å². The summed E-state index contributed by atoms with van der Waals surface area (Å²) in [4.78, 5) is 1.56. The van der Waals surface area contributed by atoms with Gasteiger partial charge in [-0.15, -0.1) is 0 Å². The zero-order chi connectivity index (χ0) is 18.5. The Morgan fingerprint density at radius 3 is 2.58 bits per heavy atom. The predicted octanol–water partition coefficient (Wildman–Crippen LogP) is 1.93. The quantitative estimate of drug-likeness (QED) is 0.723. The summed E-state index contributed by atoms with van der Waals surface area (Å²) in [6.45, 7) is 9.12. The third-order valence-electron chi connectivity index (χ3n) is 4.66. The van der Waals surface area contributed by atoms with Crippen LogP contribution in [-0.2, 0) is 6.54 Å². The number of quaternary nitrogens is 1. The zero-order valence-electron chi connectivity index (χ0n) is 15.0. The molecular weight excluding hydrogens is 350 g/mol. The van der Waals surface area contributed by atoms with E-state index >= 15 is 0 Å². The van der Waals surface area contributed by atoms with Crippen molar-refractivity contribution in [1.29, 1.82) is 0 Å². The maximum absolute atomic E-state index is 9.71. The highest BCUT2D eigenvalue weighted by molar-refractivity contribution is 6.30. The van der Waals surface area contributed by atoms with Crippen LogP contribution in [0.1, 0.15) is 11.1 Å². The molecule has 0 saturated carbocycles. The Bertz CT molecular complexity index is 756. The molecular formula is C20H25ClN3O2+. The second kappa shape index (κ2) is 8.45. The third-order valence-corrected chi connectivity index (χ3v) is 4.91. The van der Waals surface area contributed by atoms with Gasteiger partial charge in [-0.3, -0.25) is 0 Å². The van der Waals surface area contributed by atoms with Crippen molar-refractivity contribution in [3.63, 3.8) is 0 Å². The van der Waals surface area contributed by atoms with Gasteiger partial charge in [0.2, 0.25) is 0 Å². The molecule has 1 heterocycles. The number of nitrogens with one attached hydrogen (secondary N) is 2. The van der Waals surface area contributed by atoms with Gasteiger partial charge >= 0.3 is 0 Å². The average Bonchev–Trinajstić information content (AvgIpc) is 2.65. The molecule has 0 bridgehead atoms. The molecule has 2 aromatic rings. The number of methoxy groups -OCH3 is 1. The maximum Gasteiger partial charge on any atom is 0.161 e. The van der Waals surface area contributed by atoms with Gasteiger partial charge in [0.15, 0.2) is 11.5 Å². The van der Waals surface area contributed by atoms with E-state index in [1.807, 2.05) is 18.2 Å². The van der Waals surface area contributed by atoms with Crippen LogP contribution >= 0.6 is 11.6 Å². The van der Waals surface area contributed by atoms with Crippen molar-refractivity contribution >= 4 is 17.3 Å². The zero-order valence-corrected chi connectivity index (χ0v) is 15.7. The van der Waals surface area contributed by atoms with E-state index in [0.29, 0.717) is 5.75 Å². The Hall–Kier alpha value is -2.21. The highest BCUT2D eigenvalue weighted by atomic mass is 35.5. The first kappa shape index (κ1) is 18.6. The van der Waals surface area contributed by atoms with Gasteiger partial charge in [-0.2, -0.15) is 0 Å². The molecule has 0 spiro atoms. The molecule has 0 amide bonds. The molecule has 0 unspecified atom stereocenters. The summed E-state index contributed by atoms with van der Waals surface area (Å²) in [5.74, 6) is 0.575. The van der Waals surface area contributed by atoms with Crippen LogP contribution < -0.4 is 15.1 Å². The third kappa shape index (κ3) is 4.69. The molecule has 2 aromatic carbocycles. The SMILES string of the molecule is C=C(NN1CC[NH+](Cc2ccc(Cl)cc2)CC1)c1ccc(O)c(OC)c1. The van der Waals surface area contributed by atoms with Crippen LogP contribution in [-0.4, -0.2) is 43.4 Å². The summed E-state index contributed by atoms with van der Waals surface area (Å²) >= 11 is 5.95. The van der Waals surface area contributed by atoms with Gasteiger partial charge in [-0.05, 0) is 30.3 Å². The van der Waals surface area contributed by atoms with Gasteiger partial charge in [0.1, 0.15) is 6.54 Å². The summed E-state index contributed by atoms with van der Waals surface area (Å²) in [6.07, 6.45) is 0. The molecule has 138 valence electrons. The minimum absolute atomic E-state index is 0.128. The minimum Gasteiger partial charge on any atom is -0.504 e. The van der Waals surface area contributed by atoms with Crippen LogP contribution in [0, 0.1) is 0 Å². The Kier molecular flexibility index (Phi) is 6.04. The molecule has 26 heavy (non-hydrogen) atoms. The van der Waals surface area contributed by atoms with Crippen LogP contribution in [0.3, 0.4) is 0 Å². The molecule has 0 atom stereocenters. The van der Waals surface area contributed by atoms with E-state index in [9.17, 15) is 5.11 Å². The fourth-order valence-electron chi connectivity index (χ4n) is 3.12. The van der Waals surface area contributed by atoms with Crippen molar-refractivity contribution in [3.05, 3.63) is 65.2 Å². The summed E-state index contributed by atoms with van der Waals surface area (Å²) in [6, 6.07) is 13.3. The van der Waals surface area contributed by atoms with Crippen molar-refractivity contribution in [2.24, 2.45) is 0 Å². The van der Waals surface area contributed by atoms with E-state index in [1.165, 1.54) is 12.7 Å². The number of hydrazine groups is 1. The van der Waals surface area contributed by atoms with Gasteiger partial charge in [-0.25, -0.2) is 5.01 Å². The fraction of sp³-hybridized carbons (Fsp3) is 0.300. The van der Waals surface area contributed by atoms with E-state index in [0.717, 1.165) is 49.0 Å². The lowest BCUT2D eigenvalue weighted by molar-refractivity contribution is -0.918. The number of phenols is 1. The number of ether oxygens (including phenoxy) is 1. The van der Waals surface area contributed by atoms with Crippen LogP contribution in [0.2, 0.25) is 5.02 Å². The standard InChI is InChI=1S/C20H24ClN3O2/c1-15(17-5-8-19(25)20(13-17)26-2)22-24-11-9-23(10-12-24)14-16-3-6-18(21)7-4-16/h3-8,13,22,25H,1,9-12,14H2,2H3/p+1. The lowest BCUT2D eigenvalue weighted by atomic mass is 10.1. The minimum atomic E-state index is 0.128. The first-order chi connectivity index (χ1) is 12.5. The Balaban J connectivity index is 1.50. The van der Waals surface area contributed by atoms with Crippen molar-refractivity contribution in [2.75, 3.05) is 33.3 Å². The van der Waals surface area contributed by atoms with Crippen molar-refractivity contribution < 1.29 is 14.7 Å². The van der Waals surface area contributed by atoms with Crippen molar-refractivity contribution in [2.45, 2.75) is 6.54 Å². The van der Waals surface area contributed by atoms with Crippen molar-refractivity contribution in [1.82, 2.24) is 10.4 Å². The van der Waals surface area contributed by atoms with E-state index in [2.05, 4.69) is 29.1 Å². The molecule has 1 aliphatic heterocycles. The number of hydrogen-bond acceptors (Lipinski definition) is 4. The predicted molar refractivity (Wildman–Crippen MR) is 104 cm³/mol. The number of benzene rings is 2. The van der Waals surface area contributed by atoms with Crippen LogP contribution in [0.15, 0.2) is 49.0 Å². The van der Waals surface area contributed by atoms with E-state index in [1.54, 1.807) is 17.0 Å². The number of piperazine rings is 1. The first-order valence-corrected chi connectivity index (χ1v) is 9.09. The number of rotatable bonds is 6. The number of halogens is 1. The number of hydrogen-bond donors (Lipinski definition) is 3. The topological polar surface area (TPSA) is 49.2 Å². The maximum atomic E-state index is 9.71. The van der Waals surface area contributed by atoms with Crippen LogP contribution in [0.25, 0.3) is 5.70 Å². The molecule has 1 fully saturated rings. The Morgan fingerprint density at radius 1 is 1.23 bits per heavy atom. The molecule has 3 rings (SSSR count). The summed E-state index contributed by atoms with van der Waals surface area (Å²) < 4.78 is 5.16. The number of aromatic hydroxyl groups is 1. The molecule has 1 aliphatic rings. The van der Waals surface area contributed by atoms with E-state index in [4.69, 9.17) is 16.3 Å². The van der Waals surface area contributed by atoms with E-state index < -0.39 is 0 Å². The lowest BCUT2D eigenvalue weighted by Gasteiger charge is -2.33. The molecule has 0 aliphatic carbocycles. The smallest absolute Gasteiger partial charge is 0.161 e.